The number of thiophene rings is 1. The maximum Gasteiger partial charge on any atom is 0.250 e. The molecule has 1 fully saturated rings. The number of thiocarbonyl (C=S) groups is 1. The van der Waals surface area contributed by atoms with Crippen LogP contribution in [0.15, 0.2) is 16.3 Å². The zero-order valence-electron chi connectivity index (χ0n) is 12.0. The van der Waals surface area contributed by atoms with Crippen LogP contribution in [-0.4, -0.2) is 44.5 Å². The number of nitrogens with one attached hydrogen (secondary N) is 1. The summed E-state index contributed by atoms with van der Waals surface area (Å²) >= 11 is 5.97. The predicted molar refractivity (Wildman–Crippen MR) is 90.2 cm³/mol. The molecule has 1 aromatic heterocycles. The van der Waals surface area contributed by atoms with Gasteiger partial charge in [-0.15, -0.1) is 11.3 Å². The van der Waals surface area contributed by atoms with Gasteiger partial charge in [0.25, 0.3) is 0 Å². The van der Waals surface area contributed by atoms with Crippen molar-refractivity contribution in [2.45, 2.75) is 24.0 Å². The zero-order valence-corrected chi connectivity index (χ0v) is 14.5. The van der Waals surface area contributed by atoms with E-state index in [9.17, 15) is 8.42 Å². The standard InChI is InChI=1S/C13H21N3O2S3/c1-2-16-7-5-10(6-8-16)9-15-21(17,18)12-4-3-11(20-12)13(14)19/h3-4,10,15H,2,5-9H2,1H3,(H2,14,19). The number of rotatable bonds is 6. The first kappa shape index (κ1) is 16.8. The molecule has 0 amide bonds. The lowest BCUT2D eigenvalue weighted by molar-refractivity contribution is 0.194. The van der Waals surface area contributed by atoms with Crippen LogP contribution in [0.4, 0.5) is 0 Å². The van der Waals surface area contributed by atoms with Crippen molar-refractivity contribution in [1.29, 1.82) is 0 Å². The van der Waals surface area contributed by atoms with Gasteiger partial charge in [-0.25, -0.2) is 13.1 Å². The van der Waals surface area contributed by atoms with Crippen molar-refractivity contribution >= 4 is 38.6 Å². The minimum absolute atomic E-state index is 0.230. The van der Waals surface area contributed by atoms with Crippen LogP contribution >= 0.6 is 23.6 Å². The van der Waals surface area contributed by atoms with E-state index in [0.29, 0.717) is 17.3 Å². The Morgan fingerprint density at radius 3 is 2.67 bits per heavy atom. The Labute approximate surface area is 135 Å². The van der Waals surface area contributed by atoms with E-state index in [-0.39, 0.29) is 9.20 Å². The molecule has 21 heavy (non-hydrogen) atoms. The van der Waals surface area contributed by atoms with Crippen LogP contribution in [0.1, 0.15) is 24.6 Å². The number of piperidine rings is 1. The van der Waals surface area contributed by atoms with Gasteiger partial charge in [-0.1, -0.05) is 19.1 Å². The Bertz CT molecular complexity index is 590. The van der Waals surface area contributed by atoms with Crippen LogP contribution < -0.4 is 10.5 Å². The summed E-state index contributed by atoms with van der Waals surface area (Å²) in [4.78, 5) is 3.24. The third kappa shape index (κ3) is 4.46. The summed E-state index contributed by atoms with van der Waals surface area (Å²) in [6.07, 6.45) is 2.08. The summed E-state index contributed by atoms with van der Waals surface area (Å²) in [5, 5.41) is 0. The molecule has 0 radical (unpaired) electrons. The maximum absolute atomic E-state index is 12.2. The third-order valence-corrected chi connectivity index (χ3v) is 7.19. The first-order valence-corrected chi connectivity index (χ1v) is 9.75. The molecule has 3 N–H and O–H groups in total. The predicted octanol–water partition coefficient (Wildman–Crippen LogP) is 1.39. The number of hydrogen-bond acceptors (Lipinski definition) is 5. The van der Waals surface area contributed by atoms with E-state index in [1.54, 1.807) is 12.1 Å². The lowest BCUT2D eigenvalue weighted by atomic mass is 9.97. The Kier molecular flexibility index (Phi) is 5.73. The molecule has 0 aliphatic carbocycles. The highest BCUT2D eigenvalue weighted by molar-refractivity contribution is 7.91. The average molecular weight is 348 g/mol. The van der Waals surface area contributed by atoms with Crippen molar-refractivity contribution in [3.8, 4) is 0 Å². The van der Waals surface area contributed by atoms with E-state index in [2.05, 4.69) is 16.5 Å². The fraction of sp³-hybridized carbons (Fsp3) is 0.615. The molecule has 1 saturated heterocycles. The summed E-state index contributed by atoms with van der Waals surface area (Å²) in [7, 11) is -3.45. The van der Waals surface area contributed by atoms with Crippen LogP contribution in [-0.2, 0) is 10.0 Å². The SMILES string of the molecule is CCN1CCC(CNS(=O)(=O)c2ccc(C(N)=S)s2)CC1. The Morgan fingerprint density at radius 1 is 1.48 bits per heavy atom. The van der Waals surface area contributed by atoms with Gasteiger partial charge in [-0.2, -0.15) is 0 Å². The topological polar surface area (TPSA) is 75.4 Å². The van der Waals surface area contributed by atoms with Gasteiger partial charge >= 0.3 is 0 Å². The monoisotopic (exact) mass is 347 g/mol. The third-order valence-electron chi connectivity index (χ3n) is 3.81. The van der Waals surface area contributed by atoms with Gasteiger partial charge < -0.3 is 10.6 Å². The molecule has 0 atom stereocenters. The largest absolute Gasteiger partial charge is 0.389 e. The minimum atomic E-state index is -3.45. The summed E-state index contributed by atoms with van der Waals surface area (Å²) in [6.45, 7) is 5.82. The smallest absolute Gasteiger partial charge is 0.250 e. The molecule has 0 saturated carbocycles. The number of nitrogens with two attached hydrogens (primary N) is 1. The first-order valence-electron chi connectivity index (χ1n) is 7.04. The van der Waals surface area contributed by atoms with Gasteiger partial charge in [0.2, 0.25) is 10.0 Å². The van der Waals surface area contributed by atoms with Crippen molar-refractivity contribution in [2.75, 3.05) is 26.2 Å². The van der Waals surface area contributed by atoms with Crippen LogP contribution in [0.5, 0.6) is 0 Å². The van der Waals surface area contributed by atoms with Crippen LogP contribution in [0.2, 0.25) is 0 Å². The molecule has 5 nitrogen and oxygen atoms in total. The van der Waals surface area contributed by atoms with Crippen LogP contribution in [0.3, 0.4) is 0 Å². The van der Waals surface area contributed by atoms with Crippen molar-refractivity contribution < 1.29 is 8.42 Å². The molecule has 0 unspecified atom stereocenters. The molecule has 1 aliphatic rings. The second-order valence-electron chi connectivity index (χ2n) is 5.21. The number of nitrogens with zero attached hydrogens (tertiary/aromatic N) is 1. The number of hydrogen-bond donors (Lipinski definition) is 2. The van der Waals surface area contributed by atoms with Crippen molar-refractivity contribution in [3.05, 3.63) is 17.0 Å². The molecule has 1 aromatic rings. The highest BCUT2D eigenvalue weighted by Crippen LogP contribution is 2.22. The van der Waals surface area contributed by atoms with Gasteiger partial charge in [0.1, 0.15) is 9.20 Å². The molecule has 0 spiro atoms. The molecule has 2 rings (SSSR count). The molecule has 1 aliphatic heterocycles. The Morgan fingerprint density at radius 2 is 2.14 bits per heavy atom. The highest BCUT2D eigenvalue weighted by Gasteiger charge is 2.22. The lowest BCUT2D eigenvalue weighted by Crippen LogP contribution is -2.38. The second kappa shape index (κ2) is 7.15. The fourth-order valence-corrected chi connectivity index (χ4v) is 4.91. The molecule has 0 aromatic carbocycles. The quantitative estimate of drug-likeness (QED) is 0.761. The van der Waals surface area contributed by atoms with Crippen molar-refractivity contribution in [1.82, 2.24) is 9.62 Å². The zero-order chi connectivity index (χ0) is 15.5. The normalized spacial score (nSPS) is 18.0. The molecule has 8 heteroatoms. The van der Waals surface area contributed by atoms with Gasteiger partial charge in [-0.05, 0) is 50.5 Å². The van der Waals surface area contributed by atoms with Gasteiger partial charge in [0, 0.05) is 6.54 Å². The van der Waals surface area contributed by atoms with Gasteiger partial charge in [0.05, 0.1) is 4.88 Å². The van der Waals surface area contributed by atoms with Crippen molar-refractivity contribution in [2.24, 2.45) is 11.7 Å². The van der Waals surface area contributed by atoms with Gasteiger partial charge in [-0.3, -0.25) is 0 Å². The van der Waals surface area contributed by atoms with E-state index in [4.69, 9.17) is 18.0 Å². The average Bonchev–Trinajstić information content (AvgIpc) is 2.97. The van der Waals surface area contributed by atoms with E-state index >= 15 is 0 Å². The molecule has 2 heterocycles. The van der Waals surface area contributed by atoms with E-state index < -0.39 is 10.0 Å². The lowest BCUT2D eigenvalue weighted by Gasteiger charge is -2.30. The molecular weight excluding hydrogens is 326 g/mol. The summed E-state index contributed by atoms with van der Waals surface area (Å²) < 4.78 is 27.5. The molecular formula is C13H21N3O2S3. The van der Waals surface area contributed by atoms with Crippen LogP contribution in [0, 0.1) is 5.92 Å². The number of sulfonamides is 1. The summed E-state index contributed by atoms with van der Waals surface area (Å²) in [5.41, 5.74) is 5.51. The summed E-state index contributed by atoms with van der Waals surface area (Å²) in [5.74, 6) is 0.414. The van der Waals surface area contributed by atoms with Gasteiger partial charge in [0.15, 0.2) is 0 Å². The van der Waals surface area contributed by atoms with E-state index in [1.807, 2.05) is 0 Å². The number of likely N-dealkylation sites (tertiary alicyclic amines) is 1. The Hall–Kier alpha value is -0.540. The van der Waals surface area contributed by atoms with E-state index in [0.717, 1.165) is 43.8 Å². The molecule has 118 valence electrons. The fourth-order valence-electron chi connectivity index (χ4n) is 2.40. The highest BCUT2D eigenvalue weighted by atomic mass is 32.2. The van der Waals surface area contributed by atoms with Crippen molar-refractivity contribution in [3.63, 3.8) is 0 Å². The van der Waals surface area contributed by atoms with Crippen LogP contribution in [0.25, 0.3) is 0 Å². The second-order valence-corrected chi connectivity index (χ2v) is 8.73. The first-order chi connectivity index (χ1) is 9.92. The Balaban J connectivity index is 1.91. The van der Waals surface area contributed by atoms with E-state index in [1.165, 1.54) is 0 Å². The summed E-state index contributed by atoms with van der Waals surface area (Å²) in [6, 6.07) is 3.21. The molecule has 0 bridgehead atoms. The minimum Gasteiger partial charge on any atom is -0.389 e. The maximum atomic E-state index is 12.2.